The molecule has 1 aromatic heterocycles. The molecule has 4 nitrogen and oxygen atoms in total. The Bertz CT molecular complexity index is 534. The number of aromatic nitrogens is 2. The van der Waals surface area contributed by atoms with Gasteiger partial charge in [0.2, 0.25) is 0 Å². The zero-order valence-electron chi connectivity index (χ0n) is 8.81. The van der Waals surface area contributed by atoms with Crippen LogP contribution in [0.2, 0.25) is 0 Å². The maximum atomic E-state index is 5.81. The topological polar surface area (TPSA) is 36.3 Å². The zero-order valence-corrected chi connectivity index (χ0v) is 10.4. The number of ether oxygens (including phenoxy) is 2. The first-order valence-corrected chi connectivity index (χ1v) is 5.89. The fraction of sp³-hybridized carbons (Fsp3) is 0.364. The highest BCUT2D eigenvalue weighted by molar-refractivity contribution is 9.10. The first-order chi connectivity index (χ1) is 7.74. The summed E-state index contributed by atoms with van der Waals surface area (Å²) in [5, 5.41) is 5.48. The molecule has 2 heterocycles. The molecular weight excluding hydrogens is 272 g/mol. The first kappa shape index (κ1) is 10.1. The summed E-state index contributed by atoms with van der Waals surface area (Å²) in [7, 11) is 1.91. The number of rotatable bonds is 2. The fourth-order valence-electron chi connectivity index (χ4n) is 1.72. The van der Waals surface area contributed by atoms with Crippen LogP contribution in [-0.4, -0.2) is 29.1 Å². The number of benzene rings is 1. The van der Waals surface area contributed by atoms with Gasteiger partial charge in [-0.1, -0.05) is 15.9 Å². The van der Waals surface area contributed by atoms with Gasteiger partial charge in [0.1, 0.15) is 17.4 Å². The lowest BCUT2D eigenvalue weighted by Crippen LogP contribution is -2.38. The van der Waals surface area contributed by atoms with E-state index < -0.39 is 0 Å². The number of hydrogen-bond acceptors (Lipinski definition) is 3. The third-order valence-electron chi connectivity index (χ3n) is 2.60. The molecule has 0 aliphatic carbocycles. The largest absolute Gasteiger partial charge is 0.483 e. The SMILES string of the molecule is Cn1cc2c(Br)ccc(OC3COC3)c2n1. The normalized spacial score (nSPS) is 16.4. The van der Waals surface area contributed by atoms with Gasteiger partial charge in [-0.2, -0.15) is 5.10 Å². The van der Waals surface area contributed by atoms with Crippen LogP contribution < -0.4 is 4.74 Å². The highest BCUT2D eigenvalue weighted by atomic mass is 79.9. The molecular formula is C11H11BrN2O2. The van der Waals surface area contributed by atoms with Gasteiger partial charge in [-0.05, 0) is 12.1 Å². The number of aryl methyl sites for hydroxylation is 1. The second-order valence-electron chi connectivity index (χ2n) is 3.89. The van der Waals surface area contributed by atoms with E-state index in [-0.39, 0.29) is 6.10 Å². The molecule has 1 saturated heterocycles. The van der Waals surface area contributed by atoms with E-state index in [0.29, 0.717) is 13.2 Å². The average molecular weight is 283 g/mol. The molecule has 0 N–H and O–H groups in total. The minimum absolute atomic E-state index is 0.173. The maximum absolute atomic E-state index is 5.81. The quantitative estimate of drug-likeness (QED) is 0.847. The van der Waals surface area contributed by atoms with E-state index in [0.717, 1.165) is 21.1 Å². The Labute approximate surface area is 101 Å². The minimum atomic E-state index is 0.173. The van der Waals surface area contributed by atoms with E-state index in [2.05, 4.69) is 21.0 Å². The third kappa shape index (κ3) is 1.60. The van der Waals surface area contributed by atoms with E-state index in [1.807, 2.05) is 25.4 Å². The van der Waals surface area contributed by atoms with Crippen LogP contribution in [0.3, 0.4) is 0 Å². The molecule has 0 unspecified atom stereocenters. The summed E-state index contributed by atoms with van der Waals surface area (Å²) in [6.07, 6.45) is 2.15. The molecule has 3 rings (SSSR count). The Morgan fingerprint density at radius 2 is 2.31 bits per heavy atom. The lowest BCUT2D eigenvalue weighted by Gasteiger charge is -2.26. The highest BCUT2D eigenvalue weighted by Gasteiger charge is 2.21. The van der Waals surface area contributed by atoms with Gasteiger partial charge in [0.05, 0.1) is 13.2 Å². The Hall–Kier alpha value is -1.07. The Kier molecular flexibility index (Phi) is 2.37. The molecule has 16 heavy (non-hydrogen) atoms. The summed E-state index contributed by atoms with van der Waals surface area (Å²) in [6, 6.07) is 3.93. The van der Waals surface area contributed by atoms with Crippen LogP contribution in [0.15, 0.2) is 22.8 Å². The molecule has 5 heteroatoms. The lowest BCUT2D eigenvalue weighted by atomic mass is 10.2. The molecule has 0 bridgehead atoms. The number of halogens is 1. The Balaban J connectivity index is 2.05. The fourth-order valence-corrected chi connectivity index (χ4v) is 2.14. The van der Waals surface area contributed by atoms with Crippen molar-refractivity contribution in [3.63, 3.8) is 0 Å². The summed E-state index contributed by atoms with van der Waals surface area (Å²) in [6.45, 7) is 1.34. The Morgan fingerprint density at radius 3 is 3.00 bits per heavy atom. The van der Waals surface area contributed by atoms with E-state index in [4.69, 9.17) is 9.47 Å². The molecule has 1 aliphatic rings. The standard InChI is InChI=1S/C11H11BrN2O2/c1-14-4-8-9(12)2-3-10(11(8)13-14)16-7-5-15-6-7/h2-4,7H,5-6H2,1H3. The summed E-state index contributed by atoms with van der Waals surface area (Å²) in [5.41, 5.74) is 0.892. The number of hydrogen-bond donors (Lipinski definition) is 0. The monoisotopic (exact) mass is 282 g/mol. The second kappa shape index (κ2) is 3.75. The van der Waals surface area contributed by atoms with Crippen molar-refractivity contribution in [3.8, 4) is 5.75 Å². The van der Waals surface area contributed by atoms with Crippen molar-refractivity contribution in [1.29, 1.82) is 0 Å². The van der Waals surface area contributed by atoms with Crippen LogP contribution in [0.4, 0.5) is 0 Å². The Morgan fingerprint density at radius 1 is 1.50 bits per heavy atom. The van der Waals surface area contributed by atoms with E-state index in [1.54, 1.807) is 4.68 Å². The van der Waals surface area contributed by atoms with Crippen LogP contribution >= 0.6 is 15.9 Å². The molecule has 0 atom stereocenters. The first-order valence-electron chi connectivity index (χ1n) is 5.10. The van der Waals surface area contributed by atoms with Crippen molar-refractivity contribution in [3.05, 3.63) is 22.8 Å². The van der Waals surface area contributed by atoms with Crippen molar-refractivity contribution in [1.82, 2.24) is 9.78 Å². The number of fused-ring (bicyclic) bond motifs is 1. The van der Waals surface area contributed by atoms with E-state index in [1.165, 1.54) is 0 Å². The van der Waals surface area contributed by atoms with Crippen molar-refractivity contribution in [2.75, 3.05) is 13.2 Å². The molecule has 0 spiro atoms. The molecule has 1 fully saturated rings. The molecule has 1 aromatic carbocycles. The smallest absolute Gasteiger partial charge is 0.148 e. The van der Waals surface area contributed by atoms with Gasteiger partial charge in [0.25, 0.3) is 0 Å². The molecule has 1 aliphatic heterocycles. The summed E-state index contributed by atoms with van der Waals surface area (Å²) in [4.78, 5) is 0. The van der Waals surface area contributed by atoms with Gasteiger partial charge < -0.3 is 9.47 Å². The number of nitrogens with zero attached hydrogens (tertiary/aromatic N) is 2. The zero-order chi connectivity index (χ0) is 11.1. The molecule has 0 radical (unpaired) electrons. The van der Waals surface area contributed by atoms with Gasteiger partial charge in [0.15, 0.2) is 0 Å². The third-order valence-corrected chi connectivity index (χ3v) is 3.29. The van der Waals surface area contributed by atoms with E-state index >= 15 is 0 Å². The van der Waals surface area contributed by atoms with Crippen LogP contribution in [0.1, 0.15) is 0 Å². The average Bonchev–Trinajstić information content (AvgIpc) is 2.57. The highest BCUT2D eigenvalue weighted by Crippen LogP contribution is 2.31. The van der Waals surface area contributed by atoms with Crippen molar-refractivity contribution in [2.45, 2.75) is 6.10 Å². The maximum Gasteiger partial charge on any atom is 0.148 e. The predicted octanol–water partition coefficient (Wildman–Crippen LogP) is 2.11. The van der Waals surface area contributed by atoms with Gasteiger partial charge in [-0.15, -0.1) is 0 Å². The van der Waals surface area contributed by atoms with E-state index in [9.17, 15) is 0 Å². The van der Waals surface area contributed by atoms with Crippen molar-refractivity contribution < 1.29 is 9.47 Å². The second-order valence-corrected chi connectivity index (χ2v) is 4.74. The predicted molar refractivity (Wildman–Crippen MR) is 63.6 cm³/mol. The molecule has 0 saturated carbocycles. The van der Waals surface area contributed by atoms with Crippen LogP contribution in [0, 0.1) is 0 Å². The lowest BCUT2D eigenvalue weighted by molar-refractivity contribution is -0.0791. The van der Waals surface area contributed by atoms with Gasteiger partial charge in [-0.25, -0.2) is 0 Å². The van der Waals surface area contributed by atoms with Crippen molar-refractivity contribution in [2.24, 2.45) is 7.05 Å². The van der Waals surface area contributed by atoms with Gasteiger partial charge in [-0.3, -0.25) is 4.68 Å². The molecule has 84 valence electrons. The summed E-state index contributed by atoms with van der Waals surface area (Å²) >= 11 is 3.51. The molecule has 2 aromatic rings. The summed E-state index contributed by atoms with van der Waals surface area (Å²) in [5.74, 6) is 0.826. The van der Waals surface area contributed by atoms with Crippen LogP contribution in [-0.2, 0) is 11.8 Å². The van der Waals surface area contributed by atoms with Gasteiger partial charge >= 0.3 is 0 Å². The molecule has 0 amide bonds. The van der Waals surface area contributed by atoms with Crippen molar-refractivity contribution >= 4 is 26.8 Å². The summed E-state index contributed by atoms with van der Waals surface area (Å²) < 4.78 is 13.7. The minimum Gasteiger partial charge on any atom is -0.483 e. The van der Waals surface area contributed by atoms with Crippen LogP contribution in [0.5, 0.6) is 5.75 Å². The van der Waals surface area contributed by atoms with Gasteiger partial charge in [0, 0.05) is 23.1 Å². The van der Waals surface area contributed by atoms with Crippen LogP contribution in [0.25, 0.3) is 10.9 Å².